The van der Waals surface area contributed by atoms with Gasteiger partial charge in [-0.2, -0.15) is 0 Å². The highest BCUT2D eigenvalue weighted by Crippen LogP contribution is 2.19. The fourth-order valence-electron chi connectivity index (χ4n) is 2.39. The molecule has 0 fully saturated rings. The summed E-state index contributed by atoms with van der Waals surface area (Å²) < 4.78 is 0. The zero-order chi connectivity index (χ0) is 16.2. The third-order valence-electron chi connectivity index (χ3n) is 3.43. The standard InChI is InChI=1S/C18H18N4O/c1-22(2)12-13-5-7-14(8-6-13)18-20-16(10-17(23)21-18)15-4-3-9-19-11-15/h3-11H,12H2,1-2H3,(H,20,21,23). The first-order chi connectivity index (χ1) is 11.1. The Balaban J connectivity index is 1.97. The van der Waals surface area contributed by atoms with Gasteiger partial charge in [0.25, 0.3) is 5.56 Å². The van der Waals surface area contributed by atoms with Crippen LogP contribution in [0.3, 0.4) is 0 Å². The van der Waals surface area contributed by atoms with E-state index >= 15 is 0 Å². The Kier molecular flexibility index (Phi) is 4.30. The van der Waals surface area contributed by atoms with Crippen molar-refractivity contribution in [2.45, 2.75) is 6.54 Å². The number of hydrogen-bond acceptors (Lipinski definition) is 4. The summed E-state index contributed by atoms with van der Waals surface area (Å²) in [4.78, 5) is 25.5. The second kappa shape index (κ2) is 6.54. The number of aromatic amines is 1. The van der Waals surface area contributed by atoms with E-state index in [1.54, 1.807) is 12.4 Å². The van der Waals surface area contributed by atoms with Crippen molar-refractivity contribution < 1.29 is 0 Å². The molecule has 1 N–H and O–H groups in total. The van der Waals surface area contributed by atoms with Crippen LogP contribution in [0.4, 0.5) is 0 Å². The maximum Gasteiger partial charge on any atom is 0.251 e. The van der Waals surface area contributed by atoms with E-state index < -0.39 is 0 Å². The summed E-state index contributed by atoms with van der Waals surface area (Å²) in [7, 11) is 4.06. The number of H-pyrrole nitrogens is 1. The highest BCUT2D eigenvalue weighted by Gasteiger charge is 2.06. The summed E-state index contributed by atoms with van der Waals surface area (Å²) in [5.74, 6) is 0.563. The van der Waals surface area contributed by atoms with Gasteiger partial charge in [0.1, 0.15) is 5.82 Å². The molecule has 0 bridgehead atoms. The summed E-state index contributed by atoms with van der Waals surface area (Å²) in [5.41, 5.74) is 3.37. The minimum Gasteiger partial charge on any atom is -0.306 e. The van der Waals surface area contributed by atoms with Crippen molar-refractivity contribution in [1.82, 2.24) is 19.9 Å². The van der Waals surface area contributed by atoms with Gasteiger partial charge in [-0.25, -0.2) is 4.98 Å². The van der Waals surface area contributed by atoms with Crippen molar-refractivity contribution in [2.75, 3.05) is 14.1 Å². The minimum atomic E-state index is -0.175. The fourth-order valence-corrected chi connectivity index (χ4v) is 2.39. The third-order valence-corrected chi connectivity index (χ3v) is 3.43. The van der Waals surface area contributed by atoms with Crippen LogP contribution in [0, 0.1) is 0 Å². The molecular formula is C18H18N4O. The lowest BCUT2D eigenvalue weighted by Crippen LogP contribution is -2.11. The molecule has 0 saturated carbocycles. The van der Waals surface area contributed by atoms with Crippen LogP contribution in [0.5, 0.6) is 0 Å². The summed E-state index contributed by atoms with van der Waals surface area (Å²) in [6, 6.07) is 13.2. The van der Waals surface area contributed by atoms with Gasteiger partial charge < -0.3 is 9.88 Å². The summed E-state index contributed by atoms with van der Waals surface area (Å²) in [6.07, 6.45) is 3.40. The Morgan fingerprint density at radius 3 is 2.52 bits per heavy atom. The molecule has 0 aliphatic rings. The molecule has 116 valence electrons. The molecule has 5 nitrogen and oxygen atoms in total. The van der Waals surface area contributed by atoms with Gasteiger partial charge in [0.05, 0.1) is 5.69 Å². The van der Waals surface area contributed by atoms with E-state index in [0.717, 1.165) is 17.7 Å². The second-order valence-electron chi connectivity index (χ2n) is 5.66. The summed E-state index contributed by atoms with van der Waals surface area (Å²) in [5, 5.41) is 0. The zero-order valence-electron chi connectivity index (χ0n) is 13.2. The zero-order valence-corrected chi connectivity index (χ0v) is 13.2. The maximum atomic E-state index is 11.9. The summed E-state index contributed by atoms with van der Waals surface area (Å²) >= 11 is 0. The molecule has 2 aromatic heterocycles. The topological polar surface area (TPSA) is 61.9 Å². The van der Waals surface area contributed by atoms with Crippen LogP contribution < -0.4 is 5.56 Å². The van der Waals surface area contributed by atoms with Gasteiger partial charge >= 0.3 is 0 Å². The molecule has 23 heavy (non-hydrogen) atoms. The van der Waals surface area contributed by atoms with Gasteiger partial charge in [0, 0.05) is 36.1 Å². The highest BCUT2D eigenvalue weighted by atomic mass is 16.1. The molecule has 0 aliphatic heterocycles. The van der Waals surface area contributed by atoms with Crippen molar-refractivity contribution >= 4 is 0 Å². The van der Waals surface area contributed by atoms with E-state index in [-0.39, 0.29) is 5.56 Å². The van der Waals surface area contributed by atoms with E-state index in [1.807, 2.05) is 50.5 Å². The molecule has 2 heterocycles. The first-order valence-electron chi connectivity index (χ1n) is 7.37. The first-order valence-corrected chi connectivity index (χ1v) is 7.37. The molecule has 0 saturated heterocycles. The number of rotatable bonds is 4. The molecule has 0 aliphatic carbocycles. The maximum absolute atomic E-state index is 11.9. The van der Waals surface area contributed by atoms with Crippen LogP contribution in [0.2, 0.25) is 0 Å². The molecule has 3 rings (SSSR count). The molecule has 0 radical (unpaired) electrons. The lowest BCUT2D eigenvalue weighted by molar-refractivity contribution is 0.402. The Hall–Kier alpha value is -2.79. The van der Waals surface area contributed by atoms with Crippen LogP contribution in [-0.2, 0) is 6.54 Å². The van der Waals surface area contributed by atoms with E-state index in [4.69, 9.17) is 0 Å². The highest BCUT2D eigenvalue weighted by molar-refractivity contribution is 5.62. The van der Waals surface area contributed by atoms with Crippen molar-refractivity contribution in [1.29, 1.82) is 0 Å². The predicted octanol–water partition coefficient (Wildman–Crippen LogP) is 2.56. The van der Waals surface area contributed by atoms with E-state index in [2.05, 4.69) is 19.9 Å². The molecule has 3 aromatic rings. The van der Waals surface area contributed by atoms with Crippen molar-refractivity contribution in [3.05, 3.63) is 70.8 Å². The monoisotopic (exact) mass is 306 g/mol. The number of benzene rings is 1. The van der Waals surface area contributed by atoms with E-state index in [9.17, 15) is 4.79 Å². The number of nitrogens with one attached hydrogen (secondary N) is 1. The third kappa shape index (κ3) is 3.70. The smallest absolute Gasteiger partial charge is 0.251 e. The van der Waals surface area contributed by atoms with Crippen molar-refractivity contribution in [3.8, 4) is 22.6 Å². The first kappa shape index (κ1) is 15.1. The van der Waals surface area contributed by atoms with Crippen LogP contribution in [0.25, 0.3) is 22.6 Å². The van der Waals surface area contributed by atoms with Crippen LogP contribution >= 0.6 is 0 Å². The van der Waals surface area contributed by atoms with E-state index in [1.165, 1.54) is 11.6 Å². The lowest BCUT2D eigenvalue weighted by Gasteiger charge is -2.10. The second-order valence-corrected chi connectivity index (χ2v) is 5.66. The molecular weight excluding hydrogens is 288 g/mol. The molecule has 0 spiro atoms. The van der Waals surface area contributed by atoms with Gasteiger partial charge in [-0.3, -0.25) is 9.78 Å². The Morgan fingerprint density at radius 1 is 1.09 bits per heavy atom. The van der Waals surface area contributed by atoms with Crippen molar-refractivity contribution in [2.24, 2.45) is 0 Å². The molecule has 0 atom stereocenters. The minimum absolute atomic E-state index is 0.175. The number of hydrogen-bond donors (Lipinski definition) is 1. The predicted molar refractivity (Wildman–Crippen MR) is 90.9 cm³/mol. The van der Waals surface area contributed by atoms with Crippen LogP contribution in [0.15, 0.2) is 59.7 Å². The average molecular weight is 306 g/mol. The molecule has 1 aromatic carbocycles. The normalized spacial score (nSPS) is 10.9. The van der Waals surface area contributed by atoms with Crippen molar-refractivity contribution in [3.63, 3.8) is 0 Å². The van der Waals surface area contributed by atoms with Gasteiger partial charge in [-0.05, 0) is 31.8 Å². The largest absolute Gasteiger partial charge is 0.306 e. The average Bonchev–Trinajstić information content (AvgIpc) is 2.55. The fraction of sp³-hybridized carbons (Fsp3) is 0.167. The Bertz CT molecular complexity index is 839. The van der Waals surface area contributed by atoms with E-state index in [0.29, 0.717) is 11.5 Å². The SMILES string of the molecule is CN(C)Cc1ccc(-c2nc(-c3cccnc3)cc(=O)[nH]2)cc1. The molecule has 0 unspecified atom stereocenters. The van der Waals surface area contributed by atoms with Crippen LogP contribution in [0.1, 0.15) is 5.56 Å². The Morgan fingerprint density at radius 2 is 1.87 bits per heavy atom. The summed E-state index contributed by atoms with van der Waals surface area (Å²) in [6.45, 7) is 0.875. The van der Waals surface area contributed by atoms with Gasteiger partial charge in [0.2, 0.25) is 0 Å². The van der Waals surface area contributed by atoms with Crippen LogP contribution in [-0.4, -0.2) is 33.9 Å². The number of nitrogens with zero attached hydrogens (tertiary/aromatic N) is 3. The number of pyridine rings is 1. The molecule has 0 amide bonds. The quantitative estimate of drug-likeness (QED) is 0.804. The van der Waals surface area contributed by atoms with Gasteiger partial charge in [-0.15, -0.1) is 0 Å². The number of aromatic nitrogens is 3. The van der Waals surface area contributed by atoms with Gasteiger partial charge in [0.15, 0.2) is 0 Å². The lowest BCUT2D eigenvalue weighted by atomic mass is 10.1. The Labute approximate surface area is 134 Å². The van der Waals surface area contributed by atoms with Gasteiger partial charge in [-0.1, -0.05) is 24.3 Å². The molecule has 5 heteroatoms.